The normalized spacial score (nSPS) is 13.1. The minimum Gasteiger partial charge on any atom is -0.379 e. The molecule has 0 aromatic rings. The van der Waals surface area contributed by atoms with E-state index in [2.05, 4.69) is 4.72 Å². The SMILES string of the molecule is CC(C)(C)CS(=O)(=O)NCCOCCCl. The second-order valence-corrected chi connectivity index (χ2v) is 6.70. The molecule has 0 bridgehead atoms. The molecule has 0 spiro atoms. The average Bonchev–Trinajstić information content (AvgIpc) is 1.99. The molecule has 4 nitrogen and oxygen atoms in total. The van der Waals surface area contributed by atoms with E-state index in [4.69, 9.17) is 16.3 Å². The van der Waals surface area contributed by atoms with Crippen LogP contribution < -0.4 is 4.72 Å². The Hall–Kier alpha value is 0.160. The quantitative estimate of drug-likeness (QED) is 0.551. The molecule has 0 unspecified atom stereocenters. The molecular weight excluding hydrogens is 238 g/mol. The maximum absolute atomic E-state index is 11.5. The number of halogens is 1. The van der Waals surface area contributed by atoms with Crippen LogP contribution >= 0.6 is 11.6 Å². The summed E-state index contributed by atoms with van der Waals surface area (Å²) in [5.74, 6) is 0.546. The molecule has 0 rings (SSSR count). The largest absolute Gasteiger partial charge is 0.379 e. The predicted octanol–water partition coefficient (Wildman–Crippen LogP) is 1.21. The highest BCUT2D eigenvalue weighted by molar-refractivity contribution is 7.89. The van der Waals surface area contributed by atoms with Crippen LogP contribution in [0.5, 0.6) is 0 Å². The summed E-state index contributed by atoms with van der Waals surface area (Å²) in [6, 6.07) is 0. The van der Waals surface area contributed by atoms with E-state index in [1.807, 2.05) is 20.8 Å². The van der Waals surface area contributed by atoms with Crippen molar-refractivity contribution in [2.45, 2.75) is 20.8 Å². The fourth-order valence-corrected chi connectivity index (χ4v) is 2.79. The molecule has 1 N–H and O–H groups in total. The molecule has 92 valence electrons. The third-order valence-corrected chi connectivity index (χ3v) is 3.46. The van der Waals surface area contributed by atoms with Crippen molar-refractivity contribution in [3.63, 3.8) is 0 Å². The molecule has 6 heteroatoms. The van der Waals surface area contributed by atoms with Crippen molar-refractivity contribution in [2.75, 3.05) is 31.4 Å². The minimum atomic E-state index is -3.19. The first-order chi connectivity index (χ1) is 6.77. The van der Waals surface area contributed by atoms with Crippen LogP contribution in [0.2, 0.25) is 0 Å². The molecule has 0 aliphatic carbocycles. The van der Waals surface area contributed by atoms with Crippen molar-refractivity contribution in [3.8, 4) is 0 Å². The summed E-state index contributed by atoms with van der Waals surface area (Å²) < 4.78 is 30.5. The Labute approximate surface area is 97.4 Å². The summed E-state index contributed by atoms with van der Waals surface area (Å²) in [7, 11) is -3.19. The van der Waals surface area contributed by atoms with E-state index in [0.717, 1.165) is 0 Å². The van der Waals surface area contributed by atoms with Gasteiger partial charge in [0.15, 0.2) is 0 Å². The molecule has 0 radical (unpaired) electrons. The van der Waals surface area contributed by atoms with E-state index < -0.39 is 10.0 Å². The fraction of sp³-hybridized carbons (Fsp3) is 1.00. The summed E-state index contributed by atoms with van der Waals surface area (Å²) >= 11 is 5.39. The van der Waals surface area contributed by atoms with Crippen LogP contribution in [-0.2, 0) is 14.8 Å². The van der Waals surface area contributed by atoms with Gasteiger partial charge in [0.25, 0.3) is 0 Å². The zero-order valence-electron chi connectivity index (χ0n) is 9.55. The molecule has 0 aliphatic heterocycles. The van der Waals surface area contributed by atoms with E-state index in [1.54, 1.807) is 0 Å². The highest BCUT2D eigenvalue weighted by atomic mass is 35.5. The van der Waals surface area contributed by atoms with Crippen molar-refractivity contribution in [2.24, 2.45) is 5.41 Å². The van der Waals surface area contributed by atoms with Gasteiger partial charge in [0, 0.05) is 12.4 Å². The Balaban J connectivity index is 3.76. The lowest BCUT2D eigenvalue weighted by atomic mass is 10.0. The van der Waals surface area contributed by atoms with E-state index in [1.165, 1.54) is 0 Å². The van der Waals surface area contributed by atoms with Crippen LogP contribution in [0.1, 0.15) is 20.8 Å². The molecule has 0 aliphatic rings. The second kappa shape index (κ2) is 6.68. The van der Waals surface area contributed by atoms with Crippen LogP contribution in [0.25, 0.3) is 0 Å². The van der Waals surface area contributed by atoms with Crippen LogP contribution in [0, 0.1) is 5.41 Å². The van der Waals surface area contributed by atoms with Crippen molar-refractivity contribution in [3.05, 3.63) is 0 Å². The Morgan fingerprint density at radius 1 is 1.27 bits per heavy atom. The van der Waals surface area contributed by atoms with Crippen LogP contribution in [0.4, 0.5) is 0 Å². The van der Waals surface area contributed by atoms with Gasteiger partial charge in [-0.1, -0.05) is 20.8 Å². The number of sulfonamides is 1. The van der Waals surface area contributed by atoms with Gasteiger partial charge in [-0.3, -0.25) is 0 Å². The van der Waals surface area contributed by atoms with Gasteiger partial charge in [-0.2, -0.15) is 0 Å². The molecule has 0 saturated carbocycles. The molecule has 0 aromatic heterocycles. The van der Waals surface area contributed by atoms with Crippen LogP contribution in [0.15, 0.2) is 0 Å². The molecule has 15 heavy (non-hydrogen) atoms. The van der Waals surface area contributed by atoms with Gasteiger partial charge >= 0.3 is 0 Å². The second-order valence-electron chi connectivity index (χ2n) is 4.52. The molecule has 0 amide bonds. The standard InChI is InChI=1S/C9H20ClNO3S/c1-9(2,3)8-15(12,13)11-5-7-14-6-4-10/h11H,4-8H2,1-3H3. The fourth-order valence-electron chi connectivity index (χ4n) is 1.05. The molecular formula is C9H20ClNO3S. The molecule has 0 aromatic carbocycles. The highest BCUT2D eigenvalue weighted by Gasteiger charge is 2.20. The van der Waals surface area contributed by atoms with Gasteiger partial charge in [0.05, 0.1) is 19.0 Å². The number of hydrogen-bond acceptors (Lipinski definition) is 3. The Morgan fingerprint density at radius 2 is 1.87 bits per heavy atom. The highest BCUT2D eigenvalue weighted by Crippen LogP contribution is 2.14. The number of rotatable bonds is 7. The third-order valence-electron chi connectivity index (χ3n) is 1.41. The molecule has 0 atom stereocenters. The first kappa shape index (κ1) is 15.2. The Kier molecular flexibility index (Phi) is 6.75. The predicted molar refractivity (Wildman–Crippen MR) is 62.8 cm³/mol. The van der Waals surface area contributed by atoms with Crippen molar-refractivity contribution in [1.82, 2.24) is 4.72 Å². The van der Waals surface area contributed by atoms with Gasteiger partial charge in [-0.25, -0.2) is 13.1 Å². The summed E-state index contributed by atoms with van der Waals surface area (Å²) in [6.07, 6.45) is 0. The topological polar surface area (TPSA) is 55.4 Å². The van der Waals surface area contributed by atoms with Gasteiger partial charge < -0.3 is 4.74 Å². The monoisotopic (exact) mass is 257 g/mol. The smallest absolute Gasteiger partial charge is 0.212 e. The van der Waals surface area contributed by atoms with Crippen molar-refractivity contribution < 1.29 is 13.2 Å². The lowest BCUT2D eigenvalue weighted by Crippen LogP contribution is -2.34. The zero-order chi connectivity index (χ0) is 11.9. The first-order valence-electron chi connectivity index (χ1n) is 4.88. The first-order valence-corrected chi connectivity index (χ1v) is 7.06. The van der Waals surface area contributed by atoms with Gasteiger partial charge in [0.2, 0.25) is 10.0 Å². The molecule has 0 heterocycles. The lowest BCUT2D eigenvalue weighted by Gasteiger charge is -2.18. The molecule has 0 saturated heterocycles. The third kappa shape index (κ3) is 10.4. The number of ether oxygens (including phenoxy) is 1. The number of alkyl halides is 1. The number of nitrogens with one attached hydrogen (secondary N) is 1. The van der Waals surface area contributed by atoms with Gasteiger partial charge in [-0.05, 0) is 5.41 Å². The van der Waals surface area contributed by atoms with E-state index >= 15 is 0 Å². The maximum Gasteiger partial charge on any atom is 0.212 e. The summed E-state index contributed by atoms with van der Waals surface area (Å²) in [6.45, 7) is 6.76. The minimum absolute atomic E-state index is 0.121. The maximum atomic E-state index is 11.5. The lowest BCUT2D eigenvalue weighted by molar-refractivity contribution is 0.155. The zero-order valence-corrected chi connectivity index (χ0v) is 11.1. The summed E-state index contributed by atoms with van der Waals surface area (Å²) in [5.41, 5.74) is -0.233. The molecule has 0 fully saturated rings. The summed E-state index contributed by atoms with van der Waals surface area (Å²) in [4.78, 5) is 0. The van der Waals surface area contributed by atoms with E-state index in [-0.39, 0.29) is 11.2 Å². The van der Waals surface area contributed by atoms with E-state index in [9.17, 15) is 8.42 Å². The van der Waals surface area contributed by atoms with Crippen molar-refractivity contribution >= 4 is 21.6 Å². The number of hydrogen-bond donors (Lipinski definition) is 1. The van der Waals surface area contributed by atoms with Crippen LogP contribution in [-0.4, -0.2) is 39.8 Å². The summed E-state index contributed by atoms with van der Waals surface area (Å²) in [5, 5.41) is 0. The van der Waals surface area contributed by atoms with Crippen LogP contribution in [0.3, 0.4) is 0 Å². The van der Waals surface area contributed by atoms with Gasteiger partial charge in [-0.15, -0.1) is 11.6 Å². The van der Waals surface area contributed by atoms with Crippen molar-refractivity contribution in [1.29, 1.82) is 0 Å². The Morgan fingerprint density at radius 3 is 2.33 bits per heavy atom. The van der Waals surface area contributed by atoms with Gasteiger partial charge in [0.1, 0.15) is 0 Å². The average molecular weight is 258 g/mol. The van der Waals surface area contributed by atoms with E-state index in [0.29, 0.717) is 25.6 Å². The Bertz CT molecular complexity index is 259.